The molecule has 14 N–H and O–H groups in total. The van der Waals surface area contributed by atoms with Gasteiger partial charge < -0.3 is 73.6 Å². The van der Waals surface area contributed by atoms with E-state index >= 15 is 0 Å². The Balaban J connectivity index is 2.39. The number of rotatable bonds is 33. The Hall–Kier alpha value is -7.38. The first-order chi connectivity index (χ1) is 36.1. The topological polar surface area (TPSA) is 411 Å². The van der Waals surface area contributed by atoms with Crippen LogP contribution in [0.2, 0.25) is 0 Å². The number of nitrogens with two attached hydrogens (primary N) is 1. The molecule has 0 spiro atoms. The van der Waals surface area contributed by atoms with Crippen molar-refractivity contribution in [2.24, 2.45) is 29.4 Å². The summed E-state index contributed by atoms with van der Waals surface area (Å²) in [5, 5.41) is 57.8. The van der Waals surface area contributed by atoms with Gasteiger partial charge in [0.15, 0.2) is 0 Å². The fraction of sp³-hybridized carbons (Fsp3) is 0.647. The van der Waals surface area contributed by atoms with E-state index in [-0.39, 0.29) is 62.3 Å². The summed E-state index contributed by atoms with van der Waals surface area (Å²) in [4.78, 5) is 159. The van der Waals surface area contributed by atoms with Gasteiger partial charge in [-0.05, 0) is 73.5 Å². The van der Waals surface area contributed by atoms with Gasteiger partial charge in [0.05, 0.1) is 19.5 Å². The van der Waals surface area contributed by atoms with Crippen LogP contribution in [0, 0.1) is 23.7 Å². The molecule has 77 heavy (non-hydrogen) atoms. The second-order valence-electron chi connectivity index (χ2n) is 20.3. The van der Waals surface area contributed by atoms with Gasteiger partial charge in [0.25, 0.3) is 0 Å². The quantitative estimate of drug-likeness (QED) is 0.0402. The predicted octanol–water partition coefficient (Wildman–Crippen LogP) is -0.997. The number of benzene rings is 1. The van der Waals surface area contributed by atoms with Crippen LogP contribution in [-0.2, 0) is 64.0 Å². The first-order valence-corrected chi connectivity index (χ1v) is 26.0. The molecule has 0 aliphatic carbocycles. The number of carboxylic acid groups (broad SMARTS) is 3. The van der Waals surface area contributed by atoms with Crippen molar-refractivity contribution in [3.63, 3.8) is 0 Å². The average Bonchev–Trinajstić information content (AvgIpc) is 3.86. The number of nitrogens with one attached hydrogen (secondary N) is 8. The highest BCUT2D eigenvalue weighted by atomic mass is 16.4. The standard InChI is InChI=1S/C51H80N10O16/c1-9-28(7)42(60-47(72)34(21-27(5)6)57-48(73)37-12-11-19-61(37)50(75)43(29(8)10-2)59-38(63)24-52)49(74)58-35(22-30-13-15-31(62)16-14-30)45(70)56-33(20-26(3)4)44(69)53-25-39(64)54-36(23-41(67)68)46(71)55-32(51(76)77)17-18-40(65)66/h13-16,26-29,32-37,42-43,62H,9-12,17-25,52H2,1-8H3,(H,53,69)(H,54,64)(H,55,71)(H,56,70)(H,57,73)(H,58,74)(H,59,63)(H,60,72)(H,65,66)(H,67,68)(H,76,77)/t28-,29-,32-,33-,34-,35-,36-,37-,42-,43-/m0/s1. The van der Waals surface area contributed by atoms with Crippen LogP contribution in [0.1, 0.15) is 119 Å². The smallest absolute Gasteiger partial charge is 0.326 e. The maximum atomic E-state index is 14.4. The van der Waals surface area contributed by atoms with Crippen LogP contribution < -0.4 is 48.3 Å². The van der Waals surface area contributed by atoms with Gasteiger partial charge in [-0.3, -0.25) is 52.7 Å². The van der Waals surface area contributed by atoms with E-state index in [4.69, 9.17) is 10.8 Å². The van der Waals surface area contributed by atoms with Crippen LogP contribution in [-0.4, -0.2) is 164 Å². The minimum atomic E-state index is -1.85. The van der Waals surface area contributed by atoms with E-state index in [1.807, 2.05) is 26.1 Å². The molecule has 0 radical (unpaired) electrons. The molecule has 26 nitrogen and oxygen atoms in total. The predicted molar refractivity (Wildman–Crippen MR) is 277 cm³/mol. The third kappa shape index (κ3) is 22.4. The van der Waals surface area contributed by atoms with E-state index in [2.05, 4.69) is 37.2 Å². The van der Waals surface area contributed by atoms with E-state index in [0.29, 0.717) is 24.8 Å². The van der Waals surface area contributed by atoms with Gasteiger partial charge in [0, 0.05) is 19.4 Å². The summed E-state index contributed by atoms with van der Waals surface area (Å²) < 4.78 is 0. The van der Waals surface area contributed by atoms with Gasteiger partial charge in [-0.25, -0.2) is 4.79 Å². The number of phenols is 1. The Bertz CT molecular complexity index is 2240. The van der Waals surface area contributed by atoms with Crippen molar-refractivity contribution in [1.82, 2.24) is 47.4 Å². The maximum Gasteiger partial charge on any atom is 0.326 e. The molecule has 26 heteroatoms. The Labute approximate surface area is 447 Å². The van der Waals surface area contributed by atoms with E-state index in [1.54, 1.807) is 34.6 Å². The number of aromatic hydroxyl groups is 1. The van der Waals surface area contributed by atoms with Crippen molar-refractivity contribution in [2.45, 2.75) is 168 Å². The molecule has 0 saturated carbocycles. The van der Waals surface area contributed by atoms with Crippen molar-refractivity contribution in [3.05, 3.63) is 29.8 Å². The molecule has 1 aliphatic rings. The summed E-state index contributed by atoms with van der Waals surface area (Å²) in [5.74, 6) is -13.1. The zero-order chi connectivity index (χ0) is 58.3. The Morgan fingerprint density at radius 3 is 1.68 bits per heavy atom. The number of amides is 9. The molecule has 0 unspecified atom stereocenters. The van der Waals surface area contributed by atoms with E-state index in [0.717, 1.165) is 0 Å². The lowest BCUT2D eigenvalue weighted by Crippen LogP contribution is -2.61. The molecule has 0 aromatic heterocycles. The number of carbonyl (C=O) groups is 12. The lowest BCUT2D eigenvalue weighted by molar-refractivity contribution is -0.144. The molecule has 2 rings (SSSR count). The van der Waals surface area contributed by atoms with Crippen molar-refractivity contribution < 1.29 is 78.0 Å². The maximum absolute atomic E-state index is 14.4. The third-order valence-electron chi connectivity index (χ3n) is 13.0. The summed E-state index contributed by atoms with van der Waals surface area (Å²) in [7, 11) is 0. The Kier molecular flexibility index (Phi) is 27.5. The molecule has 1 heterocycles. The summed E-state index contributed by atoms with van der Waals surface area (Å²) in [5.41, 5.74) is 5.98. The number of likely N-dealkylation sites (tertiary alicyclic amines) is 1. The largest absolute Gasteiger partial charge is 0.508 e. The highest BCUT2D eigenvalue weighted by Gasteiger charge is 2.41. The Morgan fingerprint density at radius 2 is 1.14 bits per heavy atom. The van der Waals surface area contributed by atoms with Crippen molar-refractivity contribution in [1.29, 1.82) is 0 Å². The molecule has 1 fully saturated rings. The van der Waals surface area contributed by atoms with Gasteiger partial charge in [-0.1, -0.05) is 80.4 Å². The van der Waals surface area contributed by atoms with E-state index in [1.165, 1.54) is 29.2 Å². The number of hydrogen-bond donors (Lipinski definition) is 13. The first kappa shape index (κ1) is 65.7. The second-order valence-corrected chi connectivity index (χ2v) is 20.3. The van der Waals surface area contributed by atoms with Gasteiger partial charge in [-0.2, -0.15) is 0 Å². The normalized spacial score (nSPS) is 16.7. The molecule has 0 bridgehead atoms. The van der Waals surface area contributed by atoms with E-state index < -0.39 is 151 Å². The second kappa shape index (κ2) is 32.3. The molecule has 1 aromatic rings. The molecule has 1 saturated heterocycles. The summed E-state index contributed by atoms with van der Waals surface area (Å²) in [6.45, 7) is 13.3. The van der Waals surface area contributed by atoms with Crippen molar-refractivity contribution in [3.8, 4) is 5.75 Å². The number of carboxylic acids is 3. The monoisotopic (exact) mass is 1090 g/mol. The molecule has 1 aliphatic heterocycles. The van der Waals surface area contributed by atoms with Gasteiger partial charge in [0.2, 0.25) is 53.2 Å². The molecule has 1 aromatic carbocycles. The van der Waals surface area contributed by atoms with Crippen molar-refractivity contribution in [2.75, 3.05) is 19.6 Å². The van der Waals surface area contributed by atoms with Crippen LogP contribution in [0.15, 0.2) is 24.3 Å². The number of nitrogens with zero attached hydrogens (tertiary/aromatic N) is 1. The summed E-state index contributed by atoms with van der Waals surface area (Å²) >= 11 is 0. The SMILES string of the molecule is CC[C@H](C)[C@H](NC(=O)[C@H](CC(C)C)NC(=O)[C@@H]1CCCN1C(=O)[C@@H](NC(=O)CN)[C@@H](C)CC)C(=O)N[C@@H](Cc1ccc(O)cc1)C(=O)N[C@@H](CC(C)C)C(=O)NCC(=O)N[C@@H](CC(=O)O)C(=O)N[C@@H](CCC(=O)O)C(=O)O. The minimum absolute atomic E-state index is 0.0133. The molecule has 10 atom stereocenters. The highest BCUT2D eigenvalue weighted by molar-refractivity contribution is 5.98. The molecule has 430 valence electrons. The number of carbonyl (C=O) groups excluding carboxylic acids is 9. The highest BCUT2D eigenvalue weighted by Crippen LogP contribution is 2.23. The molecular weight excluding hydrogens is 1010 g/mol. The fourth-order valence-corrected chi connectivity index (χ4v) is 8.35. The summed E-state index contributed by atoms with van der Waals surface area (Å²) in [6.07, 6.45) is -0.630. The zero-order valence-corrected chi connectivity index (χ0v) is 45.1. The van der Waals surface area contributed by atoms with Gasteiger partial charge in [0.1, 0.15) is 54.1 Å². The Morgan fingerprint density at radius 1 is 0.610 bits per heavy atom. The first-order valence-electron chi connectivity index (χ1n) is 26.0. The van der Waals surface area contributed by atoms with Crippen LogP contribution in [0.3, 0.4) is 0 Å². The number of hydrogen-bond acceptors (Lipinski definition) is 14. The van der Waals surface area contributed by atoms with Gasteiger partial charge >= 0.3 is 17.9 Å². The lowest BCUT2D eigenvalue weighted by Gasteiger charge is -2.32. The fourth-order valence-electron chi connectivity index (χ4n) is 8.35. The van der Waals surface area contributed by atoms with Crippen LogP contribution in [0.4, 0.5) is 0 Å². The number of aliphatic carboxylic acids is 3. The third-order valence-corrected chi connectivity index (χ3v) is 13.0. The summed E-state index contributed by atoms with van der Waals surface area (Å²) in [6, 6.07) is -5.05. The zero-order valence-electron chi connectivity index (χ0n) is 45.1. The van der Waals surface area contributed by atoms with Crippen molar-refractivity contribution >= 4 is 71.1 Å². The average molecular weight is 1090 g/mol. The number of phenolic OH excluding ortho intramolecular Hbond substituents is 1. The van der Waals surface area contributed by atoms with E-state index in [9.17, 15) is 72.9 Å². The molecular formula is C51H80N10O16. The van der Waals surface area contributed by atoms with Crippen LogP contribution in [0.5, 0.6) is 5.75 Å². The van der Waals surface area contributed by atoms with Crippen LogP contribution >= 0.6 is 0 Å². The van der Waals surface area contributed by atoms with Gasteiger partial charge in [-0.15, -0.1) is 0 Å². The minimum Gasteiger partial charge on any atom is -0.508 e. The molecule has 9 amide bonds. The lowest BCUT2D eigenvalue weighted by atomic mass is 9.95. The van der Waals surface area contributed by atoms with Crippen LogP contribution in [0.25, 0.3) is 0 Å².